The molecule has 4 heteroatoms. The number of allylic oxidation sites excluding steroid dienone is 2. The fraction of sp³-hybridized carbons (Fsp3) is 0.200. The van der Waals surface area contributed by atoms with Gasteiger partial charge in [-0.05, 0) is 0 Å². The molecular weight excluding hydrogens is 791 g/mol. The monoisotopic (exact) mass is 837 g/mol. The number of halogens is 2. The van der Waals surface area contributed by atoms with E-state index in [0.29, 0.717) is 11.8 Å². The molecule has 2 aliphatic carbocycles. The van der Waals surface area contributed by atoms with Crippen molar-refractivity contribution in [3.8, 4) is 22.3 Å². The van der Waals surface area contributed by atoms with E-state index in [4.69, 9.17) is 17.0 Å². The van der Waals surface area contributed by atoms with Crippen molar-refractivity contribution >= 4 is 46.2 Å². The number of hydrogen-bond acceptors (Lipinski definition) is 0. The first-order valence-electron chi connectivity index (χ1n) is 19.6. The quantitative estimate of drug-likeness (QED) is 0.127. The van der Waals surface area contributed by atoms with E-state index in [1.54, 1.807) is 0 Å². The molecule has 0 amide bonds. The Morgan fingerprint density at radius 1 is 0.444 bits per heavy atom. The standard InChI is InChI=1S/2C24H21.C2H7Si.2ClH.Zr/c2*1-17(2)21-12-6-7-13-22(21)23-14-8-11-19-15-20(16-24(19)23)18-9-4-3-5-10-18;1-3-2;;;/h2*3-17H,1-2H3;3H,1-2H3;2*1H;/q;;;;;+2/p-2. The van der Waals surface area contributed by atoms with Gasteiger partial charge in [-0.2, -0.15) is 0 Å². The van der Waals surface area contributed by atoms with Crippen LogP contribution < -0.4 is 0 Å². The second kappa shape index (κ2) is 14.5. The number of fused-ring (bicyclic) bond motifs is 2. The Hall–Kier alpha value is -3.52. The summed E-state index contributed by atoms with van der Waals surface area (Å²) in [5, 5.41) is 0. The van der Waals surface area contributed by atoms with Crippen molar-refractivity contribution in [3.05, 3.63) is 190 Å². The van der Waals surface area contributed by atoms with Crippen LogP contribution >= 0.6 is 17.0 Å². The summed E-state index contributed by atoms with van der Waals surface area (Å²) in [4.78, 5) is 0. The molecule has 0 N–H and O–H groups in total. The molecule has 2 aliphatic rings. The minimum atomic E-state index is -5.21. The molecule has 271 valence electrons. The first-order valence-corrected chi connectivity index (χ1v) is 35.9. The van der Waals surface area contributed by atoms with Gasteiger partial charge in [0.2, 0.25) is 0 Å². The minimum absolute atomic E-state index is 0.0836. The van der Waals surface area contributed by atoms with Crippen LogP contribution in [0.15, 0.2) is 146 Å². The fourth-order valence-electron chi connectivity index (χ4n) is 9.55. The molecule has 0 bridgehead atoms. The van der Waals surface area contributed by atoms with Crippen LogP contribution in [0, 0.1) is 0 Å². The molecule has 6 aromatic carbocycles. The average molecular weight is 840 g/mol. The number of benzene rings is 6. The Bertz CT molecular complexity index is 2260. The zero-order valence-corrected chi connectivity index (χ0v) is 37.3. The predicted molar refractivity (Wildman–Crippen MR) is 237 cm³/mol. The van der Waals surface area contributed by atoms with Crippen molar-refractivity contribution in [2.24, 2.45) is 0 Å². The maximum absolute atomic E-state index is 9.00. The van der Waals surface area contributed by atoms with Gasteiger partial charge in [0.1, 0.15) is 0 Å². The van der Waals surface area contributed by atoms with Crippen LogP contribution in [0.25, 0.3) is 45.6 Å². The molecule has 6 aromatic rings. The van der Waals surface area contributed by atoms with Crippen LogP contribution in [0.4, 0.5) is 0 Å². The van der Waals surface area contributed by atoms with Crippen molar-refractivity contribution in [2.75, 3.05) is 0 Å². The maximum atomic E-state index is 9.00. The van der Waals surface area contributed by atoms with Gasteiger partial charge in [-0.3, -0.25) is 0 Å². The normalized spacial score (nSPS) is 17.3. The van der Waals surface area contributed by atoms with E-state index in [2.05, 4.69) is 199 Å². The zero-order valence-electron chi connectivity index (χ0n) is 32.2. The second-order valence-electron chi connectivity index (χ2n) is 16.3. The van der Waals surface area contributed by atoms with Crippen LogP contribution in [0.5, 0.6) is 0 Å². The first-order chi connectivity index (χ1) is 26.0. The molecule has 0 aliphatic heterocycles. The Balaban J connectivity index is 1.43. The third-order valence-corrected chi connectivity index (χ3v) is 63.8. The van der Waals surface area contributed by atoms with Gasteiger partial charge in [-0.25, -0.2) is 0 Å². The summed E-state index contributed by atoms with van der Waals surface area (Å²) in [6.45, 7) is 14.0. The summed E-state index contributed by atoms with van der Waals surface area (Å²) in [5.74, 6) is -1.05. The summed E-state index contributed by atoms with van der Waals surface area (Å²) >= 11 is -5.21. The molecule has 2 atom stereocenters. The Morgan fingerprint density at radius 3 is 1.17 bits per heavy atom. The molecule has 2 unspecified atom stereocenters. The second-order valence-corrected chi connectivity index (χ2v) is 58.8. The van der Waals surface area contributed by atoms with Gasteiger partial charge in [-0.15, -0.1) is 0 Å². The molecule has 54 heavy (non-hydrogen) atoms. The summed E-state index contributed by atoms with van der Waals surface area (Å²) in [6.07, 6.45) is 4.93. The molecule has 0 saturated heterocycles. The first kappa shape index (κ1) is 37.4. The Labute approximate surface area is 331 Å². The fourth-order valence-corrected chi connectivity index (χ4v) is 39.7. The Morgan fingerprint density at radius 2 is 0.796 bits per heavy atom. The number of hydrogen-bond donors (Lipinski definition) is 0. The Kier molecular flexibility index (Phi) is 10.1. The summed E-state index contributed by atoms with van der Waals surface area (Å²) < 4.78 is -0.167. The molecule has 8 rings (SSSR count). The SMILES string of the molecule is CC(C)c1ccccc1-c1cccc2c1C=C(c1ccccc1)[CH]2[Zr]([Cl])([Cl])([CH]1C(c2ccccc2)=Cc2c(-c3ccccc3C(C)C)cccc21)[SiH](C)C. The molecular formula is C50H49Cl2SiZr. The van der Waals surface area contributed by atoms with Crippen molar-refractivity contribution < 1.29 is 15.6 Å². The molecule has 0 heterocycles. The number of rotatable bonds is 9. The molecule has 0 nitrogen and oxygen atoms in total. The van der Waals surface area contributed by atoms with Gasteiger partial charge >= 0.3 is 334 Å². The van der Waals surface area contributed by atoms with Crippen LogP contribution in [-0.2, 0) is 15.6 Å². The molecule has 0 spiro atoms. The molecule has 0 saturated carbocycles. The third-order valence-electron chi connectivity index (χ3n) is 12.3. The van der Waals surface area contributed by atoms with Crippen molar-refractivity contribution in [2.45, 2.75) is 59.9 Å². The van der Waals surface area contributed by atoms with Gasteiger partial charge < -0.3 is 0 Å². The van der Waals surface area contributed by atoms with E-state index in [-0.39, 0.29) is 7.25 Å². The summed E-state index contributed by atoms with van der Waals surface area (Å²) in [5.41, 5.74) is 17.9. The van der Waals surface area contributed by atoms with E-state index in [1.807, 2.05) is 0 Å². The van der Waals surface area contributed by atoms with E-state index in [9.17, 15) is 0 Å². The topological polar surface area (TPSA) is 0 Å². The van der Waals surface area contributed by atoms with Gasteiger partial charge in [0.25, 0.3) is 0 Å². The van der Waals surface area contributed by atoms with Gasteiger partial charge in [0.15, 0.2) is 0 Å². The molecule has 0 fully saturated rings. The summed E-state index contributed by atoms with van der Waals surface area (Å²) in [7, 11) is 18.0. The van der Waals surface area contributed by atoms with Crippen molar-refractivity contribution in [1.29, 1.82) is 0 Å². The molecule has 0 aromatic heterocycles. The van der Waals surface area contributed by atoms with Crippen LogP contribution in [-0.4, -0.2) is 5.92 Å². The predicted octanol–water partition coefficient (Wildman–Crippen LogP) is 15.1. The average Bonchev–Trinajstić information content (AvgIpc) is 3.80. The van der Waals surface area contributed by atoms with Crippen LogP contribution in [0.2, 0.25) is 13.1 Å². The van der Waals surface area contributed by atoms with Crippen LogP contribution in [0.3, 0.4) is 0 Å². The van der Waals surface area contributed by atoms with Gasteiger partial charge in [0.05, 0.1) is 0 Å². The zero-order chi connectivity index (χ0) is 37.8. The van der Waals surface area contributed by atoms with E-state index in [0.717, 1.165) is 0 Å². The van der Waals surface area contributed by atoms with Crippen molar-refractivity contribution in [1.82, 2.24) is 0 Å². The van der Waals surface area contributed by atoms with Gasteiger partial charge in [0, 0.05) is 0 Å². The van der Waals surface area contributed by atoms with E-state index < -0.39 is 21.5 Å². The van der Waals surface area contributed by atoms with Crippen molar-refractivity contribution in [3.63, 3.8) is 0 Å². The summed E-state index contributed by atoms with van der Waals surface area (Å²) in [6, 6.07) is 53.5. The molecule has 0 radical (unpaired) electrons. The van der Waals surface area contributed by atoms with E-state index >= 15 is 0 Å². The van der Waals surface area contributed by atoms with Gasteiger partial charge in [-0.1, -0.05) is 0 Å². The van der Waals surface area contributed by atoms with Crippen LogP contribution in [0.1, 0.15) is 91.3 Å². The van der Waals surface area contributed by atoms with E-state index in [1.165, 1.54) is 77.9 Å². The third kappa shape index (κ3) is 6.04.